The highest BCUT2D eigenvalue weighted by Gasteiger charge is 2.18. The lowest BCUT2D eigenvalue weighted by atomic mass is 9.97. The van der Waals surface area contributed by atoms with E-state index in [0.29, 0.717) is 16.7 Å². The summed E-state index contributed by atoms with van der Waals surface area (Å²) in [5.41, 5.74) is 2.58. The van der Waals surface area contributed by atoms with Gasteiger partial charge in [-0.1, -0.05) is 44.0 Å². The van der Waals surface area contributed by atoms with Gasteiger partial charge in [-0.3, -0.25) is 0 Å². The highest BCUT2D eigenvalue weighted by molar-refractivity contribution is 5.87. The Hall–Kier alpha value is -3.71. The lowest BCUT2D eigenvalue weighted by molar-refractivity contribution is -0.142. The zero-order valence-corrected chi connectivity index (χ0v) is 19.6. The largest absolute Gasteiger partial charge is 0.462 e. The van der Waals surface area contributed by atoms with E-state index < -0.39 is 30.0 Å². The maximum atomic E-state index is 14.7. The number of rotatable bonds is 11. The van der Waals surface area contributed by atoms with Gasteiger partial charge >= 0.3 is 11.9 Å². The topological polar surface area (TPSA) is 82.1 Å². The van der Waals surface area contributed by atoms with E-state index in [2.05, 4.69) is 19.7 Å². The van der Waals surface area contributed by atoms with Crippen molar-refractivity contribution in [2.45, 2.75) is 33.0 Å². The molecule has 0 radical (unpaired) electrons. The molecule has 2 rings (SSSR count). The SMILES string of the molecule is C=C(C)C(=O)OCC(COC(=O)C(=C)C)c1ccc(-c2ccc(OC(O)C(=C)C)cc2F)cc1. The molecule has 0 spiro atoms. The Balaban J connectivity index is 2.21. The number of carbonyl (C=O) groups is 2. The van der Waals surface area contributed by atoms with E-state index in [-0.39, 0.29) is 30.1 Å². The average Bonchev–Trinajstić information content (AvgIpc) is 2.78. The summed E-state index contributed by atoms with van der Waals surface area (Å²) in [6, 6.07) is 11.2. The van der Waals surface area contributed by atoms with Gasteiger partial charge in [0.15, 0.2) is 0 Å². The minimum atomic E-state index is -1.22. The molecule has 34 heavy (non-hydrogen) atoms. The summed E-state index contributed by atoms with van der Waals surface area (Å²) in [6.07, 6.45) is -1.22. The van der Waals surface area contributed by atoms with E-state index in [0.717, 1.165) is 5.56 Å². The van der Waals surface area contributed by atoms with Crippen molar-refractivity contribution in [1.29, 1.82) is 0 Å². The van der Waals surface area contributed by atoms with Crippen molar-refractivity contribution in [3.05, 3.63) is 90.3 Å². The predicted octanol–water partition coefficient (Wildman–Crippen LogP) is 5.09. The molecule has 0 aromatic heterocycles. The van der Waals surface area contributed by atoms with Gasteiger partial charge in [0.1, 0.15) is 24.8 Å². The normalized spacial score (nSPS) is 11.5. The van der Waals surface area contributed by atoms with Crippen LogP contribution in [0.2, 0.25) is 0 Å². The van der Waals surface area contributed by atoms with Crippen LogP contribution in [-0.4, -0.2) is 36.5 Å². The highest BCUT2D eigenvalue weighted by atomic mass is 19.1. The third kappa shape index (κ3) is 7.42. The molecule has 0 aliphatic heterocycles. The van der Waals surface area contributed by atoms with Crippen LogP contribution in [0.15, 0.2) is 78.9 Å². The third-order valence-electron chi connectivity index (χ3n) is 4.83. The molecule has 2 aromatic carbocycles. The van der Waals surface area contributed by atoms with E-state index in [1.165, 1.54) is 19.9 Å². The van der Waals surface area contributed by atoms with Gasteiger partial charge in [-0.15, -0.1) is 0 Å². The molecular formula is C27H29FO6. The molecule has 0 fully saturated rings. The number of hydrogen-bond acceptors (Lipinski definition) is 6. The molecule has 0 aliphatic carbocycles. The molecule has 1 N–H and O–H groups in total. The lowest BCUT2D eigenvalue weighted by Crippen LogP contribution is -2.20. The Morgan fingerprint density at radius 3 is 1.88 bits per heavy atom. The summed E-state index contributed by atoms with van der Waals surface area (Å²) in [5.74, 6) is -1.89. The van der Waals surface area contributed by atoms with E-state index in [1.807, 2.05) is 0 Å². The molecule has 0 saturated heterocycles. The molecule has 6 nitrogen and oxygen atoms in total. The van der Waals surface area contributed by atoms with Crippen LogP contribution < -0.4 is 4.74 Å². The highest BCUT2D eigenvalue weighted by Crippen LogP contribution is 2.29. The Morgan fingerprint density at radius 1 is 0.912 bits per heavy atom. The summed E-state index contributed by atoms with van der Waals surface area (Å²) < 4.78 is 30.5. The summed E-state index contributed by atoms with van der Waals surface area (Å²) in [4.78, 5) is 23.6. The van der Waals surface area contributed by atoms with Gasteiger partial charge < -0.3 is 19.3 Å². The van der Waals surface area contributed by atoms with Crippen LogP contribution in [-0.2, 0) is 19.1 Å². The van der Waals surface area contributed by atoms with Gasteiger partial charge in [-0.25, -0.2) is 14.0 Å². The van der Waals surface area contributed by atoms with Crippen molar-refractivity contribution < 1.29 is 33.3 Å². The van der Waals surface area contributed by atoms with Crippen molar-refractivity contribution in [2.24, 2.45) is 0 Å². The summed E-state index contributed by atoms with van der Waals surface area (Å²) in [5, 5.41) is 9.74. The summed E-state index contributed by atoms with van der Waals surface area (Å²) >= 11 is 0. The second kappa shape index (κ2) is 12.0. The zero-order valence-electron chi connectivity index (χ0n) is 19.6. The van der Waals surface area contributed by atoms with Crippen LogP contribution >= 0.6 is 0 Å². The Labute approximate surface area is 199 Å². The number of aliphatic hydroxyl groups excluding tert-OH is 1. The molecule has 0 saturated carbocycles. The molecule has 0 heterocycles. The van der Waals surface area contributed by atoms with Crippen LogP contribution in [0.5, 0.6) is 5.75 Å². The van der Waals surface area contributed by atoms with E-state index in [1.54, 1.807) is 43.3 Å². The smallest absolute Gasteiger partial charge is 0.333 e. The monoisotopic (exact) mass is 468 g/mol. The molecule has 7 heteroatoms. The van der Waals surface area contributed by atoms with Crippen molar-refractivity contribution in [1.82, 2.24) is 0 Å². The van der Waals surface area contributed by atoms with Crippen molar-refractivity contribution in [3.63, 3.8) is 0 Å². The number of halogens is 1. The Kier molecular flexibility index (Phi) is 9.33. The van der Waals surface area contributed by atoms with Crippen molar-refractivity contribution in [3.8, 4) is 16.9 Å². The summed E-state index contributed by atoms with van der Waals surface area (Å²) in [6.45, 7) is 15.3. The van der Waals surface area contributed by atoms with E-state index in [4.69, 9.17) is 14.2 Å². The predicted molar refractivity (Wildman–Crippen MR) is 128 cm³/mol. The Morgan fingerprint density at radius 2 is 1.44 bits per heavy atom. The third-order valence-corrected chi connectivity index (χ3v) is 4.83. The van der Waals surface area contributed by atoms with Crippen LogP contribution in [0.4, 0.5) is 4.39 Å². The molecule has 0 bridgehead atoms. The van der Waals surface area contributed by atoms with Crippen molar-refractivity contribution >= 4 is 11.9 Å². The molecular weight excluding hydrogens is 439 g/mol. The minimum Gasteiger partial charge on any atom is -0.462 e. The second-order valence-electron chi connectivity index (χ2n) is 8.03. The van der Waals surface area contributed by atoms with Crippen LogP contribution in [0.1, 0.15) is 32.3 Å². The van der Waals surface area contributed by atoms with Gasteiger partial charge in [0.2, 0.25) is 6.29 Å². The quantitative estimate of drug-likeness (QED) is 0.214. The second-order valence-corrected chi connectivity index (χ2v) is 8.03. The molecule has 0 aliphatic rings. The summed E-state index contributed by atoms with van der Waals surface area (Å²) in [7, 11) is 0. The molecule has 2 aromatic rings. The van der Waals surface area contributed by atoms with Crippen LogP contribution in [0.25, 0.3) is 11.1 Å². The molecule has 180 valence electrons. The van der Waals surface area contributed by atoms with Gasteiger partial charge in [-0.2, -0.15) is 0 Å². The van der Waals surface area contributed by atoms with Gasteiger partial charge in [0.25, 0.3) is 0 Å². The first-order chi connectivity index (χ1) is 16.0. The minimum absolute atomic E-state index is 0.0278. The van der Waals surface area contributed by atoms with E-state index >= 15 is 0 Å². The zero-order chi connectivity index (χ0) is 25.4. The maximum absolute atomic E-state index is 14.7. The van der Waals surface area contributed by atoms with Crippen LogP contribution in [0.3, 0.4) is 0 Å². The molecule has 1 unspecified atom stereocenters. The fourth-order valence-corrected chi connectivity index (χ4v) is 2.81. The number of esters is 2. The average molecular weight is 469 g/mol. The molecule has 1 atom stereocenters. The first kappa shape index (κ1) is 26.5. The first-order valence-electron chi connectivity index (χ1n) is 10.5. The van der Waals surface area contributed by atoms with E-state index in [9.17, 15) is 19.1 Å². The lowest BCUT2D eigenvalue weighted by Gasteiger charge is -2.18. The van der Waals surface area contributed by atoms with Crippen LogP contribution in [0, 0.1) is 5.82 Å². The number of benzene rings is 2. The standard InChI is InChI=1S/C27H29FO6/c1-16(2)25(29)32-14-21(15-33-26(30)17(3)4)19-7-9-20(10-8-19)23-12-11-22(13-24(23)28)34-27(31)18(5)6/h7-13,21,27,31H,1,3,5,14-15H2,2,4,6H3. The fraction of sp³-hybridized carbons (Fsp3) is 0.259. The van der Waals surface area contributed by atoms with Gasteiger partial charge in [-0.05, 0) is 49.6 Å². The number of hydrogen-bond donors (Lipinski definition) is 1. The van der Waals surface area contributed by atoms with Gasteiger partial charge in [0.05, 0.1) is 5.92 Å². The fourth-order valence-electron chi connectivity index (χ4n) is 2.81. The van der Waals surface area contributed by atoms with Crippen molar-refractivity contribution in [2.75, 3.05) is 13.2 Å². The van der Waals surface area contributed by atoms with Gasteiger partial charge in [0, 0.05) is 22.8 Å². The molecule has 0 amide bonds. The Bertz CT molecular complexity index is 1060. The maximum Gasteiger partial charge on any atom is 0.333 e. The first-order valence-corrected chi connectivity index (χ1v) is 10.5. The number of ether oxygens (including phenoxy) is 3. The number of aliphatic hydroxyl groups is 1. The number of carbonyl (C=O) groups excluding carboxylic acids is 2.